The molecule has 0 aliphatic carbocycles. The Morgan fingerprint density at radius 1 is 0.947 bits per heavy atom. The molecule has 12 heteroatoms. The number of para-hydroxylation sites is 1. The summed E-state index contributed by atoms with van der Waals surface area (Å²) in [6.45, 7) is 0.207. The Bertz CT molecular complexity index is 1620. The zero-order valence-electron chi connectivity index (χ0n) is 20.0. The van der Waals surface area contributed by atoms with Gasteiger partial charge in [0.1, 0.15) is 5.82 Å². The number of aromatic nitrogens is 6. The van der Waals surface area contributed by atoms with Gasteiger partial charge in [0.25, 0.3) is 11.8 Å². The van der Waals surface area contributed by atoms with Gasteiger partial charge in [0.15, 0.2) is 5.69 Å². The molecule has 2 N–H and O–H groups in total. The third-order valence-electron chi connectivity index (χ3n) is 5.66. The molecular weight excluding hydrogens is 527 g/mol. The number of rotatable bonds is 7. The molecule has 0 aliphatic heterocycles. The molecule has 190 valence electrons. The van der Waals surface area contributed by atoms with Gasteiger partial charge in [0, 0.05) is 24.9 Å². The Hall–Kier alpha value is -4.54. The Morgan fingerprint density at radius 3 is 2.45 bits per heavy atom. The van der Waals surface area contributed by atoms with Gasteiger partial charge in [-0.05, 0) is 36.4 Å². The minimum atomic E-state index is -0.506. The van der Waals surface area contributed by atoms with Crippen molar-refractivity contribution >= 4 is 40.8 Å². The molecule has 0 aliphatic rings. The van der Waals surface area contributed by atoms with Crippen molar-refractivity contribution in [3.63, 3.8) is 0 Å². The van der Waals surface area contributed by atoms with E-state index in [0.717, 1.165) is 5.69 Å². The quantitative estimate of drug-likeness (QED) is 0.309. The van der Waals surface area contributed by atoms with E-state index in [4.69, 9.17) is 23.2 Å². The number of amides is 2. The number of aryl methyl sites for hydroxylation is 1. The molecule has 0 saturated heterocycles. The number of pyridine rings is 1. The standard InChI is InChI=1S/C26H20Cl2N8O2/c1-35-17(15-31-34-35)14-30-26(38)23-13-24(36(33-23)16-7-3-2-4-8-16)32-25(37)19-11-18(20(27)12-21(19)28)22-9-5-6-10-29-22/h2-13,15H,14H2,1H3,(H,30,38)(H,32,37). The first kappa shape index (κ1) is 25.1. The zero-order valence-corrected chi connectivity index (χ0v) is 21.5. The summed E-state index contributed by atoms with van der Waals surface area (Å²) in [5.41, 5.74) is 2.82. The highest BCUT2D eigenvalue weighted by Crippen LogP contribution is 2.32. The number of hydrogen-bond donors (Lipinski definition) is 2. The number of hydrogen-bond acceptors (Lipinski definition) is 6. The van der Waals surface area contributed by atoms with E-state index in [1.54, 1.807) is 54.5 Å². The molecule has 0 radical (unpaired) electrons. The van der Waals surface area contributed by atoms with Gasteiger partial charge in [-0.25, -0.2) is 4.68 Å². The van der Waals surface area contributed by atoms with Crippen LogP contribution in [0.25, 0.3) is 16.9 Å². The highest BCUT2D eigenvalue weighted by molar-refractivity contribution is 6.38. The van der Waals surface area contributed by atoms with Crippen LogP contribution < -0.4 is 10.6 Å². The Balaban J connectivity index is 1.45. The first-order valence-electron chi connectivity index (χ1n) is 11.4. The van der Waals surface area contributed by atoms with Crippen LogP contribution in [-0.4, -0.2) is 41.6 Å². The van der Waals surface area contributed by atoms with Crippen molar-refractivity contribution in [2.24, 2.45) is 7.05 Å². The van der Waals surface area contributed by atoms with Crippen molar-refractivity contribution in [3.05, 3.63) is 106 Å². The van der Waals surface area contributed by atoms with Crippen molar-refractivity contribution in [2.75, 3.05) is 5.32 Å². The van der Waals surface area contributed by atoms with Gasteiger partial charge in [-0.1, -0.05) is 52.7 Å². The van der Waals surface area contributed by atoms with E-state index in [1.807, 2.05) is 24.3 Å². The summed E-state index contributed by atoms with van der Waals surface area (Å²) >= 11 is 12.8. The maximum Gasteiger partial charge on any atom is 0.272 e. The lowest BCUT2D eigenvalue weighted by Gasteiger charge is -2.12. The average Bonchev–Trinajstić information content (AvgIpc) is 3.54. The van der Waals surface area contributed by atoms with Crippen molar-refractivity contribution in [3.8, 4) is 16.9 Å². The molecule has 0 unspecified atom stereocenters. The van der Waals surface area contributed by atoms with Gasteiger partial charge in [-0.2, -0.15) is 5.10 Å². The fraction of sp³-hybridized carbons (Fsp3) is 0.0769. The zero-order chi connectivity index (χ0) is 26.6. The fourth-order valence-electron chi connectivity index (χ4n) is 3.70. The normalized spacial score (nSPS) is 10.8. The first-order chi connectivity index (χ1) is 18.4. The molecule has 3 heterocycles. The molecule has 0 spiro atoms. The SMILES string of the molecule is Cn1nncc1CNC(=O)c1cc(NC(=O)c2cc(-c3ccccn3)c(Cl)cc2Cl)n(-c2ccccc2)n1. The van der Waals surface area contributed by atoms with E-state index in [-0.39, 0.29) is 28.6 Å². The topological polar surface area (TPSA) is 120 Å². The summed E-state index contributed by atoms with van der Waals surface area (Å²) in [5, 5.41) is 18.2. The number of carbonyl (C=O) groups is 2. The molecule has 0 saturated carbocycles. The van der Waals surface area contributed by atoms with Crippen LogP contribution >= 0.6 is 23.2 Å². The van der Waals surface area contributed by atoms with E-state index in [2.05, 4.69) is 31.0 Å². The summed E-state index contributed by atoms with van der Waals surface area (Å²) in [5.74, 6) is -0.661. The lowest BCUT2D eigenvalue weighted by molar-refractivity contribution is 0.0943. The predicted molar refractivity (Wildman–Crippen MR) is 143 cm³/mol. The maximum absolute atomic E-state index is 13.4. The average molecular weight is 547 g/mol. The molecule has 2 aromatic carbocycles. The minimum Gasteiger partial charge on any atom is -0.345 e. The Kier molecular flexibility index (Phi) is 7.16. The van der Waals surface area contributed by atoms with Gasteiger partial charge >= 0.3 is 0 Å². The van der Waals surface area contributed by atoms with Crippen LogP contribution in [0.1, 0.15) is 26.5 Å². The van der Waals surface area contributed by atoms with E-state index in [1.165, 1.54) is 16.8 Å². The van der Waals surface area contributed by atoms with Crippen molar-refractivity contribution in [2.45, 2.75) is 6.54 Å². The van der Waals surface area contributed by atoms with Crippen LogP contribution in [-0.2, 0) is 13.6 Å². The third kappa shape index (κ3) is 5.26. The highest BCUT2D eigenvalue weighted by atomic mass is 35.5. The van der Waals surface area contributed by atoms with Crippen LogP contribution in [0.4, 0.5) is 5.82 Å². The molecule has 3 aromatic heterocycles. The minimum absolute atomic E-state index is 0.107. The van der Waals surface area contributed by atoms with Crippen LogP contribution in [0.15, 0.2) is 79.1 Å². The molecule has 2 amide bonds. The number of carbonyl (C=O) groups excluding carboxylic acids is 2. The van der Waals surface area contributed by atoms with Crippen LogP contribution in [0.3, 0.4) is 0 Å². The van der Waals surface area contributed by atoms with Crippen LogP contribution in [0.2, 0.25) is 10.0 Å². The van der Waals surface area contributed by atoms with Gasteiger partial charge in [-0.3, -0.25) is 19.3 Å². The van der Waals surface area contributed by atoms with E-state index in [9.17, 15) is 9.59 Å². The molecule has 0 atom stereocenters. The lowest BCUT2D eigenvalue weighted by atomic mass is 10.1. The van der Waals surface area contributed by atoms with Crippen molar-refractivity contribution in [1.82, 2.24) is 35.1 Å². The van der Waals surface area contributed by atoms with Gasteiger partial charge in [0.05, 0.1) is 45.4 Å². The summed E-state index contributed by atoms with van der Waals surface area (Å²) in [6.07, 6.45) is 3.19. The largest absolute Gasteiger partial charge is 0.345 e. The first-order valence-corrected chi connectivity index (χ1v) is 12.2. The summed E-state index contributed by atoms with van der Waals surface area (Å²) in [4.78, 5) is 30.6. The monoisotopic (exact) mass is 546 g/mol. The second-order valence-electron chi connectivity index (χ2n) is 8.17. The maximum atomic E-state index is 13.4. The predicted octanol–water partition coefficient (Wildman–Crippen LogP) is 4.55. The Morgan fingerprint density at radius 2 is 1.74 bits per heavy atom. The van der Waals surface area contributed by atoms with Crippen LogP contribution in [0, 0.1) is 0 Å². The Labute approximate surface area is 227 Å². The molecular formula is C26H20Cl2N8O2. The van der Waals surface area contributed by atoms with Crippen molar-refractivity contribution < 1.29 is 9.59 Å². The second kappa shape index (κ2) is 10.8. The number of benzene rings is 2. The van der Waals surface area contributed by atoms with E-state index < -0.39 is 11.8 Å². The van der Waals surface area contributed by atoms with Crippen molar-refractivity contribution in [1.29, 1.82) is 0 Å². The summed E-state index contributed by atoms with van der Waals surface area (Å²) < 4.78 is 3.03. The summed E-state index contributed by atoms with van der Waals surface area (Å²) in [6, 6.07) is 19.1. The molecule has 5 aromatic rings. The highest BCUT2D eigenvalue weighted by Gasteiger charge is 2.21. The van der Waals surface area contributed by atoms with E-state index >= 15 is 0 Å². The van der Waals surface area contributed by atoms with Gasteiger partial charge in [-0.15, -0.1) is 5.10 Å². The number of nitrogens with zero attached hydrogens (tertiary/aromatic N) is 6. The molecule has 10 nitrogen and oxygen atoms in total. The lowest BCUT2D eigenvalue weighted by Crippen LogP contribution is -2.24. The molecule has 5 rings (SSSR count). The number of halogens is 2. The summed E-state index contributed by atoms with van der Waals surface area (Å²) in [7, 11) is 1.73. The van der Waals surface area contributed by atoms with E-state index in [0.29, 0.717) is 22.0 Å². The fourth-order valence-corrected chi connectivity index (χ4v) is 4.27. The molecule has 0 fully saturated rings. The smallest absolute Gasteiger partial charge is 0.272 e. The molecule has 0 bridgehead atoms. The third-order valence-corrected chi connectivity index (χ3v) is 6.29. The van der Waals surface area contributed by atoms with Gasteiger partial charge in [0.2, 0.25) is 0 Å². The molecule has 38 heavy (non-hydrogen) atoms. The van der Waals surface area contributed by atoms with Crippen LogP contribution in [0.5, 0.6) is 0 Å². The second-order valence-corrected chi connectivity index (χ2v) is 8.99. The van der Waals surface area contributed by atoms with Gasteiger partial charge < -0.3 is 10.6 Å². The number of nitrogens with one attached hydrogen (secondary N) is 2. The number of anilines is 1.